The Morgan fingerprint density at radius 2 is 2.33 bits per heavy atom. The van der Waals surface area contributed by atoms with Crippen molar-refractivity contribution in [1.82, 2.24) is 0 Å². The molecule has 2 aliphatic carbocycles. The van der Waals surface area contributed by atoms with Gasteiger partial charge in [-0.3, -0.25) is 0 Å². The van der Waals surface area contributed by atoms with Gasteiger partial charge in [-0.25, -0.2) is 0 Å². The average Bonchev–Trinajstić information content (AvgIpc) is 2.73. The van der Waals surface area contributed by atoms with Gasteiger partial charge >= 0.3 is 0 Å². The summed E-state index contributed by atoms with van der Waals surface area (Å²) in [5, 5.41) is 9.85. The summed E-state index contributed by atoms with van der Waals surface area (Å²) in [7, 11) is 0. The lowest BCUT2D eigenvalue weighted by atomic mass is 9.97. The molecule has 0 saturated heterocycles. The first kappa shape index (κ1) is 11.1. The Bertz CT molecular complexity index is 239. The number of fused-ring (bicyclic) bond motifs is 1. The fraction of sp³-hybridized carbons (Fsp3) is 0.833. The van der Waals surface area contributed by atoms with E-state index < -0.39 is 0 Å². The summed E-state index contributed by atoms with van der Waals surface area (Å²) in [6.07, 6.45) is 5.84. The van der Waals surface area contributed by atoms with E-state index >= 15 is 0 Å². The monoisotopic (exact) mass is 212 g/mol. The van der Waals surface area contributed by atoms with Crippen LogP contribution in [-0.4, -0.2) is 30.2 Å². The normalized spacial score (nSPS) is 40.7. The van der Waals surface area contributed by atoms with E-state index in [0.29, 0.717) is 18.4 Å². The number of hydrogen-bond acceptors (Lipinski definition) is 3. The molecule has 0 amide bonds. The van der Waals surface area contributed by atoms with E-state index in [4.69, 9.17) is 9.47 Å². The zero-order valence-corrected chi connectivity index (χ0v) is 9.43. The lowest BCUT2D eigenvalue weighted by Crippen LogP contribution is -2.25. The van der Waals surface area contributed by atoms with Crippen molar-refractivity contribution in [1.29, 1.82) is 0 Å². The summed E-state index contributed by atoms with van der Waals surface area (Å²) in [5.74, 6) is 0.770. The van der Waals surface area contributed by atoms with Crippen LogP contribution >= 0.6 is 0 Å². The topological polar surface area (TPSA) is 38.7 Å². The van der Waals surface area contributed by atoms with Gasteiger partial charge < -0.3 is 14.6 Å². The molecule has 1 saturated carbocycles. The van der Waals surface area contributed by atoms with Crippen molar-refractivity contribution in [3.05, 3.63) is 12.2 Å². The molecule has 0 aromatic rings. The fourth-order valence-corrected chi connectivity index (χ4v) is 2.74. The SMILES string of the molecule is CCOC(C)O[C@@H]1C[C@H](O)[C@H]2CC=C[C@H]21. The van der Waals surface area contributed by atoms with E-state index in [1.54, 1.807) is 0 Å². The maximum atomic E-state index is 9.85. The third-order valence-corrected chi connectivity index (χ3v) is 3.43. The standard InChI is InChI=1S/C12H20O3/c1-3-14-8(2)15-12-7-11(13)9-5-4-6-10(9)12/h4,6,8-13H,3,5,7H2,1-2H3/t8?,9-,10+,11-,12+/m0/s1. The Morgan fingerprint density at radius 1 is 1.53 bits per heavy atom. The molecule has 86 valence electrons. The molecule has 0 aliphatic heterocycles. The molecule has 1 fully saturated rings. The minimum atomic E-state index is -0.205. The van der Waals surface area contributed by atoms with E-state index in [2.05, 4.69) is 12.2 Å². The number of ether oxygens (including phenoxy) is 2. The second kappa shape index (κ2) is 4.64. The number of rotatable bonds is 4. The highest BCUT2D eigenvalue weighted by Gasteiger charge is 2.43. The van der Waals surface area contributed by atoms with Crippen molar-refractivity contribution in [3.63, 3.8) is 0 Å². The van der Waals surface area contributed by atoms with Gasteiger partial charge in [0.15, 0.2) is 6.29 Å². The van der Waals surface area contributed by atoms with Crippen LogP contribution in [0, 0.1) is 11.8 Å². The molecule has 1 unspecified atom stereocenters. The Balaban J connectivity index is 1.90. The summed E-state index contributed by atoms with van der Waals surface area (Å²) in [6, 6.07) is 0. The molecule has 15 heavy (non-hydrogen) atoms. The van der Waals surface area contributed by atoms with E-state index in [0.717, 1.165) is 12.8 Å². The third kappa shape index (κ3) is 2.25. The van der Waals surface area contributed by atoms with E-state index in [-0.39, 0.29) is 18.5 Å². The summed E-state index contributed by atoms with van der Waals surface area (Å²) >= 11 is 0. The molecule has 3 nitrogen and oxygen atoms in total. The quantitative estimate of drug-likeness (QED) is 0.569. The van der Waals surface area contributed by atoms with Crippen LogP contribution < -0.4 is 0 Å². The second-order valence-electron chi connectivity index (χ2n) is 4.41. The second-order valence-corrected chi connectivity index (χ2v) is 4.41. The highest BCUT2D eigenvalue weighted by atomic mass is 16.7. The Kier molecular flexibility index (Phi) is 3.44. The van der Waals surface area contributed by atoms with Crippen LogP contribution in [0.3, 0.4) is 0 Å². The number of aliphatic hydroxyl groups is 1. The molecule has 0 aromatic heterocycles. The van der Waals surface area contributed by atoms with Gasteiger partial charge in [-0.15, -0.1) is 0 Å². The molecule has 3 heteroatoms. The minimum absolute atomic E-state index is 0.130. The van der Waals surface area contributed by atoms with Gasteiger partial charge in [0.2, 0.25) is 0 Å². The van der Waals surface area contributed by atoms with Crippen molar-refractivity contribution in [2.45, 2.75) is 45.2 Å². The number of hydrogen-bond donors (Lipinski definition) is 1. The fourth-order valence-electron chi connectivity index (χ4n) is 2.74. The summed E-state index contributed by atoms with van der Waals surface area (Å²) < 4.78 is 11.2. The van der Waals surface area contributed by atoms with Crippen LogP contribution in [0.2, 0.25) is 0 Å². The van der Waals surface area contributed by atoms with Crippen molar-refractivity contribution < 1.29 is 14.6 Å². The van der Waals surface area contributed by atoms with Crippen molar-refractivity contribution in [2.75, 3.05) is 6.61 Å². The van der Waals surface area contributed by atoms with Crippen molar-refractivity contribution in [3.8, 4) is 0 Å². The molecule has 2 rings (SSSR count). The molecule has 0 spiro atoms. The highest BCUT2D eigenvalue weighted by molar-refractivity contribution is 5.10. The molecular formula is C12H20O3. The van der Waals surface area contributed by atoms with Crippen LogP contribution in [-0.2, 0) is 9.47 Å². The van der Waals surface area contributed by atoms with Crippen LogP contribution in [0.4, 0.5) is 0 Å². The molecule has 0 aromatic carbocycles. The van der Waals surface area contributed by atoms with E-state index in [1.165, 1.54) is 0 Å². The first-order valence-corrected chi connectivity index (χ1v) is 5.84. The Hall–Kier alpha value is -0.380. The van der Waals surface area contributed by atoms with Crippen molar-refractivity contribution in [2.24, 2.45) is 11.8 Å². The van der Waals surface area contributed by atoms with Gasteiger partial charge in [0.25, 0.3) is 0 Å². The molecule has 0 radical (unpaired) electrons. The van der Waals surface area contributed by atoms with Gasteiger partial charge in [0.1, 0.15) is 0 Å². The molecule has 2 aliphatic rings. The van der Waals surface area contributed by atoms with Gasteiger partial charge in [0, 0.05) is 18.9 Å². The maximum absolute atomic E-state index is 9.85. The first-order chi connectivity index (χ1) is 7.22. The molecule has 0 bridgehead atoms. The van der Waals surface area contributed by atoms with Gasteiger partial charge in [-0.1, -0.05) is 12.2 Å². The van der Waals surface area contributed by atoms with Crippen LogP contribution in [0.5, 0.6) is 0 Å². The largest absolute Gasteiger partial charge is 0.393 e. The van der Waals surface area contributed by atoms with Gasteiger partial charge in [0.05, 0.1) is 12.2 Å². The lowest BCUT2D eigenvalue weighted by Gasteiger charge is -2.22. The average molecular weight is 212 g/mol. The Labute approximate surface area is 91.1 Å². The van der Waals surface area contributed by atoms with Crippen LogP contribution in [0.15, 0.2) is 12.2 Å². The van der Waals surface area contributed by atoms with Crippen LogP contribution in [0.1, 0.15) is 26.7 Å². The molecule has 0 heterocycles. The van der Waals surface area contributed by atoms with Gasteiger partial charge in [-0.05, 0) is 26.2 Å². The first-order valence-electron chi connectivity index (χ1n) is 5.84. The summed E-state index contributed by atoms with van der Waals surface area (Å²) in [4.78, 5) is 0. The molecule has 5 atom stereocenters. The third-order valence-electron chi connectivity index (χ3n) is 3.43. The smallest absolute Gasteiger partial charge is 0.155 e. The zero-order valence-electron chi connectivity index (χ0n) is 9.43. The molecule has 1 N–H and O–H groups in total. The predicted molar refractivity (Wildman–Crippen MR) is 57.3 cm³/mol. The van der Waals surface area contributed by atoms with Crippen LogP contribution in [0.25, 0.3) is 0 Å². The number of allylic oxidation sites excluding steroid dienone is 1. The molecular weight excluding hydrogens is 192 g/mol. The minimum Gasteiger partial charge on any atom is -0.393 e. The van der Waals surface area contributed by atoms with Gasteiger partial charge in [-0.2, -0.15) is 0 Å². The van der Waals surface area contributed by atoms with Crippen molar-refractivity contribution >= 4 is 0 Å². The summed E-state index contributed by atoms with van der Waals surface area (Å²) in [5.41, 5.74) is 0. The maximum Gasteiger partial charge on any atom is 0.155 e. The van der Waals surface area contributed by atoms with E-state index in [9.17, 15) is 5.11 Å². The highest BCUT2D eigenvalue weighted by Crippen LogP contribution is 2.41. The zero-order chi connectivity index (χ0) is 10.8. The van der Waals surface area contributed by atoms with E-state index in [1.807, 2.05) is 13.8 Å². The lowest BCUT2D eigenvalue weighted by molar-refractivity contribution is -0.163. The Morgan fingerprint density at radius 3 is 3.07 bits per heavy atom. The number of aliphatic hydroxyl groups excluding tert-OH is 1. The predicted octanol–water partition coefficient (Wildman–Crippen LogP) is 1.71. The summed E-state index contributed by atoms with van der Waals surface area (Å²) in [6.45, 7) is 4.55.